The number of nitrogens with zero attached hydrogens (tertiary/aromatic N) is 1. The number of hydrogen-bond acceptors (Lipinski definition) is 3. The van der Waals surface area contributed by atoms with Gasteiger partial charge in [-0.3, -0.25) is 10.2 Å². The van der Waals surface area contributed by atoms with Crippen molar-refractivity contribution >= 4 is 5.91 Å². The topological polar surface area (TPSA) is 58.4 Å². The maximum Gasteiger partial charge on any atom is 0.242 e. The third-order valence-corrected chi connectivity index (χ3v) is 4.33. The predicted octanol–water partition coefficient (Wildman–Crippen LogP) is 2.02. The van der Waals surface area contributed by atoms with Gasteiger partial charge in [0.15, 0.2) is 0 Å². The molecule has 0 bridgehead atoms. The highest BCUT2D eigenvalue weighted by Gasteiger charge is 2.25. The summed E-state index contributed by atoms with van der Waals surface area (Å²) >= 11 is 0. The summed E-state index contributed by atoms with van der Waals surface area (Å²) < 4.78 is 0. The Morgan fingerprint density at radius 2 is 1.95 bits per heavy atom. The van der Waals surface area contributed by atoms with Crippen LogP contribution in [-0.4, -0.2) is 30.4 Å². The number of rotatable bonds is 5. The highest BCUT2D eigenvalue weighted by Crippen LogP contribution is 2.24. The molecule has 1 saturated carbocycles. The Balaban J connectivity index is 2.05. The molecule has 1 aromatic rings. The van der Waals surface area contributed by atoms with Crippen molar-refractivity contribution in [2.75, 3.05) is 13.6 Å². The quantitative estimate of drug-likeness (QED) is 0.491. The van der Waals surface area contributed by atoms with Gasteiger partial charge in [-0.2, -0.15) is 0 Å². The molecular weight excluding hydrogens is 250 g/mol. The molecule has 4 heteroatoms. The lowest BCUT2D eigenvalue weighted by atomic mass is 9.92. The van der Waals surface area contributed by atoms with E-state index in [2.05, 4.69) is 17.4 Å². The fourth-order valence-corrected chi connectivity index (χ4v) is 3.08. The van der Waals surface area contributed by atoms with E-state index >= 15 is 0 Å². The molecule has 1 fully saturated rings. The molecule has 1 aliphatic carbocycles. The molecule has 110 valence electrons. The van der Waals surface area contributed by atoms with Gasteiger partial charge in [0.1, 0.15) is 0 Å². The van der Waals surface area contributed by atoms with Gasteiger partial charge >= 0.3 is 0 Å². The monoisotopic (exact) mass is 275 g/mol. The summed E-state index contributed by atoms with van der Waals surface area (Å²) in [6, 6.07) is 10.5. The fourth-order valence-electron chi connectivity index (χ4n) is 3.08. The molecular formula is C16H25N3O. The van der Waals surface area contributed by atoms with Crippen LogP contribution >= 0.6 is 0 Å². The van der Waals surface area contributed by atoms with Crippen LogP contribution in [0.5, 0.6) is 0 Å². The maximum atomic E-state index is 12.1. The van der Waals surface area contributed by atoms with Crippen molar-refractivity contribution in [2.24, 2.45) is 5.84 Å². The summed E-state index contributed by atoms with van der Waals surface area (Å²) in [5.41, 5.74) is 3.33. The molecule has 1 unspecified atom stereocenters. The molecule has 1 atom stereocenters. The standard InChI is InChI=1S/C16H25N3O/c1-19(14-10-6-3-7-11-14)12-15(16(20)18-17)13-8-4-2-5-9-13/h2,4-5,8-9,14-15H,3,6-7,10-12,17H2,1H3,(H,18,20). The SMILES string of the molecule is CN(CC(C(=O)NN)c1ccccc1)C1CCCCC1. The van der Waals surface area contributed by atoms with Gasteiger partial charge in [-0.1, -0.05) is 49.6 Å². The van der Waals surface area contributed by atoms with E-state index in [1.54, 1.807) is 0 Å². The van der Waals surface area contributed by atoms with Gasteiger partial charge in [0.2, 0.25) is 5.91 Å². The molecule has 0 aromatic heterocycles. The Kier molecular flexibility index (Phi) is 5.56. The number of likely N-dealkylation sites (N-methyl/N-ethyl adjacent to an activating group) is 1. The first-order valence-electron chi connectivity index (χ1n) is 7.48. The van der Waals surface area contributed by atoms with Gasteiger partial charge in [-0.25, -0.2) is 5.84 Å². The molecule has 0 spiro atoms. The van der Waals surface area contributed by atoms with Crippen LogP contribution < -0.4 is 11.3 Å². The van der Waals surface area contributed by atoms with E-state index in [-0.39, 0.29) is 11.8 Å². The van der Waals surface area contributed by atoms with Crippen LogP contribution in [0, 0.1) is 0 Å². The van der Waals surface area contributed by atoms with Crippen molar-refractivity contribution in [3.05, 3.63) is 35.9 Å². The highest BCUT2D eigenvalue weighted by molar-refractivity contribution is 5.83. The zero-order chi connectivity index (χ0) is 14.4. The van der Waals surface area contributed by atoms with E-state index in [9.17, 15) is 4.79 Å². The molecule has 3 N–H and O–H groups in total. The average molecular weight is 275 g/mol. The highest BCUT2D eigenvalue weighted by atomic mass is 16.2. The van der Waals surface area contributed by atoms with Crippen LogP contribution in [0.4, 0.5) is 0 Å². The van der Waals surface area contributed by atoms with Gasteiger partial charge in [0.25, 0.3) is 0 Å². The van der Waals surface area contributed by atoms with E-state index in [4.69, 9.17) is 5.84 Å². The Bertz CT molecular complexity index is 415. The fraction of sp³-hybridized carbons (Fsp3) is 0.562. The number of hydrogen-bond donors (Lipinski definition) is 2. The summed E-state index contributed by atoms with van der Waals surface area (Å²) in [5.74, 6) is 5.03. The second-order valence-electron chi connectivity index (χ2n) is 5.70. The minimum Gasteiger partial charge on any atom is -0.302 e. The summed E-state index contributed by atoms with van der Waals surface area (Å²) in [4.78, 5) is 14.4. The van der Waals surface area contributed by atoms with Crippen LogP contribution in [0.2, 0.25) is 0 Å². The zero-order valence-corrected chi connectivity index (χ0v) is 12.2. The number of hydrazine groups is 1. The van der Waals surface area contributed by atoms with Gasteiger partial charge in [-0.15, -0.1) is 0 Å². The van der Waals surface area contributed by atoms with Gasteiger partial charge in [0.05, 0.1) is 5.92 Å². The average Bonchev–Trinajstić information content (AvgIpc) is 2.53. The van der Waals surface area contributed by atoms with Crippen LogP contribution in [0.1, 0.15) is 43.6 Å². The van der Waals surface area contributed by atoms with Crippen molar-refractivity contribution in [3.8, 4) is 0 Å². The van der Waals surface area contributed by atoms with Gasteiger partial charge < -0.3 is 4.90 Å². The number of benzene rings is 1. The molecule has 2 rings (SSSR count). The third-order valence-electron chi connectivity index (χ3n) is 4.33. The Hall–Kier alpha value is -1.39. The van der Waals surface area contributed by atoms with Crippen molar-refractivity contribution in [2.45, 2.75) is 44.1 Å². The first kappa shape index (κ1) is 15.0. The smallest absolute Gasteiger partial charge is 0.242 e. The van der Waals surface area contributed by atoms with E-state index in [0.717, 1.165) is 12.1 Å². The summed E-state index contributed by atoms with van der Waals surface area (Å²) in [7, 11) is 2.12. The number of nitrogens with one attached hydrogen (secondary N) is 1. The number of carbonyl (C=O) groups is 1. The van der Waals surface area contributed by atoms with Crippen LogP contribution in [0.3, 0.4) is 0 Å². The molecule has 1 aromatic carbocycles. The van der Waals surface area contributed by atoms with Gasteiger partial charge in [0, 0.05) is 12.6 Å². The maximum absolute atomic E-state index is 12.1. The third kappa shape index (κ3) is 3.81. The Morgan fingerprint density at radius 1 is 1.30 bits per heavy atom. The molecule has 0 aliphatic heterocycles. The normalized spacial score (nSPS) is 17.9. The van der Waals surface area contributed by atoms with Gasteiger partial charge in [-0.05, 0) is 25.5 Å². The lowest BCUT2D eigenvalue weighted by Gasteiger charge is -2.33. The van der Waals surface area contributed by atoms with Crippen molar-refractivity contribution in [1.29, 1.82) is 0 Å². The second-order valence-corrected chi connectivity index (χ2v) is 5.70. The Labute approximate surface area is 121 Å². The van der Waals surface area contributed by atoms with E-state index in [1.165, 1.54) is 32.1 Å². The molecule has 0 saturated heterocycles. The van der Waals surface area contributed by atoms with Crippen LogP contribution in [-0.2, 0) is 4.79 Å². The molecule has 0 radical (unpaired) electrons. The number of nitrogens with two attached hydrogens (primary N) is 1. The molecule has 0 heterocycles. The number of amides is 1. The van der Waals surface area contributed by atoms with Crippen molar-refractivity contribution < 1.29 is 4.79 Å². The number of carbonyl (C=O) groups excluding carboxylic acids is 1. The Morgan fingerprint density at radius 3 is 2.55 bits per heavy atom. The molecule has 20 heavy (non-hydrogen) atoms. The van der Waals surface area contributed by atoms with Crippen molar-refractivity contribution in [1.82, 2.24) is 10.3 Å². The van der Waals surface area contributed by atoms with E-state index in [0.29, 0.717) is 6.04 Å². The first-order chi connectivity index (χ1) is 9.72. The molecule has 1 amide bonds. The lowest BCUT2D eigenvalue weighted by Crippen LogP contribution is -2.42. The van der Waals surface area contributed by atoms with E-state index in [1.807, 2.05) is 30.3 Å². The van der Waals surface area contributed by atoms with Crippen LogP contribution in [0.25, 0.3) is 0 Å². The van der Waals surface area contributed by atoms with Crippen LogP contribution in [0.15, 0.2) is 30.3 Å². The lowest BCUT2D eigenvalue weighted by molar-refractivity contribution is -0.123. The zero-order valence-electron chi connectivity index (χ0n) is 12.2. The summed E-state index contributed by atoms with van der Waals surface area (Å²) in [5, 5.41) is 0. The van der Waals surface area contributed by atoms with Crippen molar-refractivity contribution in [3.63, 3.8) is 0 Å². The summed E-state index contributed by atoms with van der Waals surface area (Å²) in [6.07, 6.45) is 6.42. The molecule has 1 aliphatic rings. The minimum absolute atomic E-state index is 0.112. The summed E-state index contributed by atoms with van der Waals surface area (Å²) in [6.45, 7) is 0.720. The molecule has 4 nitrogen and oxygen atoms in total. The predicted molar refractivity (Wildman–Crippen MR) is 81.0 cm³/mol. The minimum atomic E-state index is -0.201. The second kappa shape index (κ2) is 7.41. The first-order valence-corrected chi connectivity index (χ1v) is 7.48. The van der Waals surface area contributed by atoms with E-state index < -0.39 is 0 Å². The largest absolute Gasteiger partial charge is 0.302 e.